The second-order valence-electron chi connectivity index (χ2n) is 4.14. The van der Waals surface area contributed by atoms with E-state index in [1.54, 1.807) is 24.3 Å². The molecular formula is C13H16ClNO. The number of halogens is 1. The summed E-state index contributed by atoms with van der Waals surface area (Å²) in [6.45, 7) is -2.38. The van der Waals surface area contributed by atoms with Crippen LogP contribution in [-0.2, 0) is 10.3 Å². The van der Waals surface area contributed by atoms with E-state index < -0.39 is 12.5 Å². The van der Waals surface area contributed by atoms with E-state index >= 15 is 0 Å². The molecule has 1 aromatic carbocycles. The van der Waals surface area contributed by atoms with E-state index in [0.29, 0.717) is 23.4 Å². The van der Waals surface area contributed by atoms with Crippen LogP contribution in [0.25, 0.3) is 0 Å². The Kier molecular flexibility index (Phi) is 2.35. The van der Waals surface area contributed by atoms with Gasteiger partial charge >= 0.3 is 0 Å². The predicted molar refractivity (Wildman–Crippen MR) is 65.7 cm³/mol. The standard InChI is InChI=1S/C13H16ClNO/c1-15-13(9-5-4-8-12(13)16)10-6-2-3-7-11(10)14/h2-3,6-7,15H,4-5,8-9H2,1H3/t13-/m1/s1/i1D3. The Labute approximate surface area is 105 Å². The van der Waals surface area contributed by atoms with Gasteiger partial charge in [-0.1, -0.05) is 36.2 Å². The summed E-state index contributed by atoms with van der Waals surface area (Å²) in [6, 6.07) is 6.94. The lowest BCUT2D eigenvalue weighted by atomic mass is 9.75. The number of carbonyl (C=O) groups is 1. The molecule has 1 aliphatic carbocycles. The van der Waals surface area contributed by atoms with E-state index in [9.17, 15) is 4.79 Å². The summed E-state index contributed by atoms with van der Waals surface area (Å²) < 4.78 is 22.3. The number of likely N-dealkylation sites (N-methyl/N-ethyl adjacent to an activating group) is 1. The molecule has 2 nitrogen and oxygen atoms in total. The quantitative estimate of drug-likeness (QED) is 0.861. The molecule has 1 fully saturated rings. The molecule has 0 unspecified atom stereocenters. The Hall–Kier alpha value is -0.860. The molecule has 86 valence electrons. The average Bonchev–Trinajstić information content (AvgIpc) is 2.31. The van der Waals surface area contributed by atoms with E-state index in [4.69, 9.17) is 15.7 Å². The van der Waals surface area contributed by atoms with Crippen molar-refractivity contribution >= 4 is 17.4 Å². The first-order valence-electron chi connectivity index (χ1n) is 6.93. The van der Waals surface area contributed by atoms with E-state index in [1.807, 2.05) is 0 Å². The molecule has 0 spiro atoms. The zero-order valence-electron chi connectivity index (χ0n) is 11.9. The minimum atomic E-state index is -2.38. The Morgan fingerprint density at radius 1 is 1.44 bits per heavy atom. The fourth-order valence-electron chi connectivity index (χ4n) is 2.32. The molecule has 0 aliphatic heterocycles. The predicted octanol–water partition coefficient (Wildman–Crippen LogP) is 2.90. The third kappa shape index (κ3) is 1.76. The SMILES string of the molecule is [2H]C([2H])([2H])N[C@@]1(c2ccccc2Cl)CCCCC1=O. The number of rotatable bonds is 2. The van der Waals surface area contributed by atoms with Crippen molar-refractivity contribution in [1.82, 2.24) is 5.32 Å². The van der Waals surface area contributed by atoms with Crippen LogP contribution in [0.1, 0.15) is 35.4 Å². The van der Waals surface area contributed by atoms with Gasteiger partial charge < -0.3 is 5.32 Å². The topological polar surface area (TPSA) is 29.1 Å². The Morgan fingerprint density at radius 3 is 2.94 bits per heavy atom. The van der Waals surface area contributed by atoms with Gasteiger partial charge in [0.1, 0.15) is 5.54 Å². The van der Waals surface area contributed by atoms with E-state index in [0.717, 1.165) is 12.8 Å². The van der Waals surface area contributed by atoms with E-state index in [2.05, 4.69) is 5.32 Å². The number of carbonyl (C=O) groups excluding carboxylic acids is 1. The highest BCUT2D eigenvalue weighted by Gasteiger charge is 2.40. The number of benzene rings is 1. The second-order valence-corrected chi connectivity index (χ2v) is 4.55. The largest absolute Gasteiger partial charge is 0.304 e. The van der Waals surface area contributed by atoms with E-state index in [1.165, 1.54) is 0 Å². The third-order valence-corrected chi connectivity index (χ3v) is 3.56. The average molecular weight is 241 g/mol. The number of Topliss-reactive ketones (excluding diaryl/α,β-unsaturated/α-hetero) is 1. The van der Waals surface area contributed by atoms with Crippen LogP contribution in [-0.4, -0.2) is 12.8 Å². The molecule has 0 aromatic heterocycles. The van der Waals surface area contributed by atoms with Crippen LogP contribution < -0.4 is 5.32 Å². The van der Waals surface area contributed by atoms with Crippen molar-refractivity contribution in [3.05, 3.63) is 34.9 Å². The molecule has 16 heavy (non-hydrogen) atoms. The maximum atomic E-state index is 12.4. The number of ketones is 1. The van der Waals surface area contributed by atoms with Gasteiger partial charge in [-0.05, 0) is 31.4 Å². The van der Waals surface area contributed by atoms with Crippen LogP contribution in [0.2, 0.25) is 5.02 Å². The van der Waals surface area contributed by atoms with Crippen LogP contribution in [0.3, 0.4) is 0 Å². The smallest absolute Gasteiger partial charge is 0.157 e. The van der Waals surface area contributed by atoms with Crippen LogP contribution >= 0.6 is 11.6 Å². The molecule has 1 aliphatic rings. The van der Waals surface area contributed by atoms with Crippen molar-refractivity contribution < 1.29 is 8.91 Å². The van der Waals surface area contributed by atoms with E-state index in [-0.39, 0.29) is 5.78 Å². The number of nitrogens with one attached hydrogen (secondary N) is 1. The van der Waals surface area contributed by atoms with Gasteiger partial charge in [0.2, 0.25) is 0 Å². The zero-order valence-corrected chi connectivity index (χ0v) is 9.68. The van der Waals surface area contributed by atoms with Crippen LogP contribution in [0.15, 0.2) is 24.3 Å². The molecule has 0 radical (unpaired) electrons. The van der Waals surface area contributed by atoms with Gasteiger partial charge in [0.15, 0.2) is 5.78 Å². The van der Waals surface area contributed by atoms with Crippen molar-refractivity contribution in [2.45, 2.75) is 31.2 Å². The zero-order chi connectivity index (χ0) is 14.1. The van der Waals surface area contributed by atoms with Gasteiger partial charge in [-0.25, -0.2) is 0 Å². The highest BCUT2D eigenvalue weighted by molar-refractivity contribution is 6.31. The lowest BCUT2D eigenvalue weighted by Gasteiger charge is -2.36. The molecule has 1 N–H and O–H groups in total. The molecule has 0 heterocycles. The van der Waals surface area contributed by atoms with Gasteiger partial charge in [0, 0.05) is 15.6 Å². The van der Waals surface area contributed by atoms with Crippen LogP contribution in [0.5, 0.6) is 0 Å². The molecule has 1 saturated carbocycles. The molecule has 0 saturated heterocycles. The fourth-order valence-corrected chi connectivity index (χ4v) is 2.62. The third-order valence-electron chi connectivity index (χ3n) is 3.23. The minimum absolute atomic E-state index is 0.0945. The first-order valence-corrected chi connectivity index (χ1v) is 5.81. The maximum absolute atomic E-state index is 12.4. The van der Waals surface area contributed by atoms with Crippen molar-refractivity contribution in [2.24, 2.45) is 0 Å². The fraction of sp³-hybridized carbons (Fsp3) is 0.462. The van der Waals surface area contributed by atoms with Crippen molar-refractivity contribution in [1.29, 1.82) is 0 Å². The molecule has 2 rings (SSSR count). The van der Waals surface area contributed by atoms with Gasteiger partial charge in [-0.15, -0.1) is 0 Å². The first kappa shape index (κ1) is 8.26. The molecule has 0 amide bonds. The maximum Gasteiger partial charge on any atom is 0.157 e. The van der Waals surface area contributed by atoms with Gasteiger partial charge in [-0.3, -0.25) is 4.79 Å². The lowest BCUT2D eigenvalue weighted by molar-refractivity contribution is -0.127. The Balaban J connectivity index is 2.51. The van der Waals surface area contributed by atoms with Crippen LogP contribution in [0.4, 0.5) is 0 Å². The monoisotopic (exact) mass is 240 g/mol. The summed E-state index contributed by atoms with van der Waals surface area (Å²) in [4.78, 5) is 12.4. The summed E-state index contributed by atoms with van der Waals surface area (Å²) in [5.41, 5.74) is -0.612. The van der Waals surface area contributed by atoms with Gasteiger partial charge in [0.25, 0.3) is 0 Å². The van der Waals surface area contributed by atoms with Crippen molar-refractivity contribution in [3.8, 4) is 0 Å². The summed E-state index contributed by atoms with van der Waals surface area (Å²) >= 11 is 6.17. The Bertz CT molecular complexity index is 489. The molecule has 1 aromatic rings. The molecule has 0 bridgehead atoms. The molecule has 3 heteroatoms. The number of hydrogen-bond donors (Lipinski definition) is 1. The summed E-state index contributed by atoms with van der Waals surface area (Å²) in [5.74, 6) is -0.0945. The Morgan fingerprint density at radius 2 is 2.25 bits per heavy atom. The number of hydrogen-bond acceptors (Lipinski definition) is 2. The molecular weight excluding hydrogens is 222 g/mol. The normalized spacial score (nSPS) is 29.3. The minimum Gasteiger partial charge on any atom is -0.304 e. The van der Waals surface area contributed by atoms with Crippen molar-refractivity contribution in [3.63, 3.8) is 0 Å². The first-order chi connectivity index (χ1) is 8.85. The van der Waals surface area contributed by atoms with Crippen LogP contribution in [0, 0.1) is 0 Å². The van der Waals surface area contributed by atoms with Crippen molar-refractivity contribution in [2.75, 3.05) is 6.98 Å². The summed E-state index contributed by atoms with van der Waals surface area (Å²) in [6.07, 6.45) is 2.45. The highest BCUT2D eigenvalue weighted by Crippen LogP contribution is 2.37. The van der Waals surface area contributed by atoms with Gasteiger partial charge in [0.05, 0.1) is 0 Å². The lowest BCUT2D eigenvalue weighted by Crippen LogP contribution is -2.49. The highest BCUT2D eigenvalue weighted by atomic mass is 35.5. The summed E-state index contributed by atoms with van der Waals surface area (Å²) in [5, 5.41) is 2.97. The summed E-state index contributed by atoms with van der Waals surface area (Å²) in [7, 11) is 0. The second kappa shape index (κ2) is 4.56. The van der Waals surface area contributed by atoms with Gasteiger partial charge in [-0.2, -0.15) is 0 Å². The molecule has 1 atom stereocenters.